The lowest BCUT2D eigenvalue weighted by molar-refractivity contribution is -0.129. The maximum absolute atomic E-state index is 12.3. The normalized spacial score (nSPS) is 13.4. The molecule has 0 fully saturated rings. The molecule has 146 valence electrons. The van der Waals surface area contributed by atoms with E-state index in [1.54, 1.807) is 51.4 Å². The van der Waals surface area contributed by atoms with E-state index in [0.29, 0.717) is 11.1 Å². The number of primary amides is 1. The van der Waals surface area contributed by atoms with Crippen LogP contribution in [0.25, 0.3) is 0 Å². The van der Waals surface area contributed by atoms with Crippen molar-refractivity contribution < 1.29 is 19.5 Å². The molecule has 0 aliphatic rings. The van der Waals surface area contributed by atoms with Crippen LogP contribution in [0.1, 0.15) is 44.9 Å². The molecule has 0 radical (unpaired) electrons. The highest BCUT2D eigenvalue weighted by atomic mass is 16.4. The standard InChI is InChI=1S/C18H25N5O4/c1-22(2)13(24)5-8-18(23(3)4,11-6-9-20-14(11)16(19)25)12-7-10-21-15(12)17(26)27/h6-7,9-10,20-21H,5,8H2,1-4H3,(H2,19,25)(H,26,27). The minimum absolute atomic E-state index is 0.00220. The Bertz CT molecular complexity index is 797. The molecule has 0 aliphatic carbocycles. The quantitative estimate of drug-likeness (QED) is 0.541. The molecule has 0 bridgehead atoms. The molecule has 2 aromatic heterocycles. The number of aromatic amines is 2. The van der Waals surface area contributed by atoms with Gasteiger partial charge in [0.25, 0.3) is 5.91 Å². The Hall–Kier alpha value is -3.07. The van der Waals surface area contributed by atoms with Gasteiger partial charge in [-0.05, 0) is 32.6 Å². The number of rotatable bonds is 8. The van der Waals surface area contributed by atoms with Gasteiger partial charge in [-0.3, -0.25) is 14.5 Å². The monoisotopic (exact) mass is 375 g/mol. The highest BCUT2D eigenvalue weighted by Gasteiger charge is 2.43. The molecular formula is C18H25N5O4. The van der Waals surface area contributed by atoms with Gasteiger partial charge in [-0.1, -0.05) is 0 Å². The topological polar surface area (TPSA) is 136 Å². The van der Waals surface area contributed by atoms with E-state index in [9.17, 15) is 19.5 Å². The van der Waals surface area contributed by atoms with Crippen molar-refractivity contribution in [1.82, 2.24) is 19.8 Å². The summed E-state index contributed by atoms with van der Waals surface area (Å²) in [6.45, 7) is 0. The molecule has 0 aromatic carbocycles. The second-order valence-electron chi connectivity index (χ2n) is 6.74. The van der Waals surface area contributed by atoms with Crippen LogP contribution >= 0.6 is 0 Å². The van der Waals surface area contributed by atoms with Gasteiger partial charge in [0.2, 0.25) is 5.91 Å². The first-order chi connectivity index (χ1) is 12.6. The van der Waals surface area contributed by atoms with Crippen LogP contribution in [0.2, 0.25) is 0 Å². The summed E-state index contributed by atoms with van der Waals surface area (Å²) in [7, 11) is 6.86. The second kappa shape index (κ2) is 7.67. The van der Waals surface area contributed by atoms with Crippen molar-refractivity contribution in [3.8, 4) is 0 Å². The molecule has 0 saturated heterocycles. The van der Waals surface area contributed by atoms with Crippen molar-refractivity contribution in [3.05, 3.63) is 47.0 Å². The van der Waals surface area contributed by atoms with Gasteiger partial charge in [-0.25, -0.2) is 4.79 Å². The number of H-pyrrole nitrogens is 2. The van der Waals surface area contributed by atoms with Crippen LogP contribution in [-0.2, 0) is 10.3 Å². The van der Waals surface area contributed by atoms with Crippen molar-refractivity contribution in [2.45, 2.75) is 18.4 Å². The maximum atomic E-state index is 12.3. The van der Waals surface area contributed by atoms with Gasteiger partial charge in [0.05, 0.1) is 5.54 Å². The summed E-state index contributed by atoms with van der Waals surface area (Å²) in [5.74, 6) is -1.89. The number of aromatic carboxylic acids is 1. The van der Waals surface area contributed by atoms with Gasteiger partial charge in [0.15, 0.2) is 0 Å². The zero-order valence-corrected chi connectivity index (χ0v) is 15.9. The number of aromatic nitrogens is 2. The number of hydrogen-bond acceptors (Lipinski definition) is 4. The lowest BCUT2D eigenvalue weighted by Crippen LogP contribution is -2.45. The van der Waals surface area contributed by atoms with Crippen molar-refractivity contribution in [1.29, 1.82) is 0 Å². The third-order valence-electron chi connectivity index (χ3n) is 4.81. The fraction of sp³-hybridized carbons (Fsp3) is 0.389. The highest BCUT2D eigenvalue weighted by molar-refractivity contribution is 5.94. The SMILES string of the molecule is CN(C)C(=O)CCC(c1cc[nH]c1C(N)=O)(c1cc[nH]c1C(=O)O)N(C)C. The summed E-state index contributed by atoms with van der Waals surface area (Å²) in [6.07, 6.45) is 3.52. The number of amides is 2. The third kappa shape index (κ3) is 3.59. The van der Waals surface area contributed by atoms with E-state index in [2.05, 4.69) is 9.97 Å². The number of carbonyl (C=O) groups excluding carboxylic acids is 2. The lowest BCUT2D eigenvalue weighted by atomic mass is 9.77. The van der Waals surface area contributed by atoms with Crippen LogP contribution < -0.4 is 5.73 Å². The number of nitrogens with zero attached hydrogens (tertiary/aromatic N) is 2. The Morgan fingerprint density at radius 3 is 2.00 bits per heavy atom. The zero-order chi connectivity index (χ0) is 20.4. The molecule has 2 rings (SSSR count). The van der Waals surface area contributed by atoms with E-state index >= 15 is 0 Å². The Balaban J connectivity index is 2.73. The summed E-state index contributed by atoms with van der Waals surface area (Å²) >= 11 is 0. The van der Waals surface area contributed by atoms with E-state index < -0.39 is 17.4 Å². The van der Waals surface area contributed by atoms with Crippen LogP contribution in [0.5, 0.6) is 0 Å². The molecule has 2 aromatic rings. The second-order valence-corrected chi connectivity index (χ2v) is 6.74. The van der Waals surface area contributed by atoms with Gasteiger partial charge < -0.3 is 25.7 Å². The third-order valence-corrected chi connectivity index (χ3v) is 4.81. The Labute approximate surface area is 157 Å². The number of carbonyl (C=O) groups is 3. The van der Waals surface area contributed by atoms with Crippen LogP contribution in [0.15, 0.2) is 24.5 Å². The first kappa shape index (κ1) is 20.2. The minimum atomic E-state index is -1.13. The molecule has 27 heavy (non-hydrogen) atoms. The molecule has 5 N–H and O–H groups in total. The molecule has 0 spiro atoms. The van der Waals surface area contributed by atoms with Crippen molar-refractivity contribution in [2.24, 2.45) is 5.73 Å². The molecule has 0 saturated carbocycles. The fourth-order valence-electron chi connectivity index (χ4n) is 3.44. The van der Waals surface area contributed by atoms with Gasteiger partial charge in [-0.15, -0.1) is 0 Å². The Morgan fingerprint density at radius 1 is 1.04 bits per heavy atom. The smallest absolute Gasteiger partial charge is 0.352 e. The van der Waals surface area contributed by atoms with Crippen LogP contribution in [-0.4, -0.2) is 70.8 Å². The minimum Gasteiger partial charge on any atom is -0.477 e. The van der Waals surface area contributed by atoms with Crippen molar-refractivity contribution in [3.63, 3.8) is 0 Å². The molecule has 2 heterocycles. The molecule has 1 atom stereocenters. The number of carboxylic acid groups (broad SMARTS) is 1. The van der Waals surface area contributed by atoms with Gasteiger partial charge in [-0.2, -0.15) is 0 Å². The van der Waals surface area contributed by atoms with Gasteiger partial charge in [0, 0.05) is 44.0 Å². The van der Waals surface area contributed by atoms with Crippen molar-refractivity contribution in [2.75, 3.05) is 28.2 Å². The molecular weight excluding hydrogens is 350 g/mol. The van der Waals surface area contributed by atoms with Crippen LogP contribution in [0.3, 0.4) is 0 Å². The Morgan fingerprint density at radius 2 is 1.56 bits per heavy atom. The molecule has 0 aliphatic heterocycles. The summed E-state index contributed by atoms with van der Waals surface area (Å²) in [5.41, 5.74) is 5.62. The zero-order valence-electron chi connectivity index (χ0n) is 15.9. The largest absolute Gasteiger partial charge is 0.477 e. The lowest BCUT2D eigenvalue weighted by Gasteiger charge is -2.41. The highest BCUT2D eigenvalue weighted by Crippen LogP contribution is 2.42. The van der Waals surface area contributed by atoms with E-state index in [4.69, 9.17) is 5.73 Å². The summed E-state index contributed by atoms with van der Waals surface area (Å²) in [4.78, 5) is 44.8. The van der Waals surface area contributed by atoms with Gasteiger partial charge >= 0.3 is 5.97 Å². The van der Waals surface area contributed by atoms with Crippen LogP contribution in [0, 0.1) is 0 Å². The first-order valence-electron chi connectivity index (χ1n) is 8.39. The summed E-state index contributed by atoms with van der Waals surface area (Å²) in [5, 5.41) is 9.62. The van der Waals surface area contributed by atoms with E-state index in [-0.39, 0.29) is 30.1 Å². The number of hydrogen-bond donors (Lipinski definition) is 4. The first-order valence-corrected chi connectivity index (χ1v) is 8.39. The van der Waals surface area contributed by atoms with E-state index in [1.165, 1.54) is 11.1 Å². The summed E-state index contributed by atoms with van der Waals surface area (Å²) < 4.78 is 0. The number of nitrogens with one attached hydrogen (secondary N) is 2. The van der Waals surface area contributed by atoms with Crippen LogP contribution in [0.4, 0.5) is 0 Å². The number of carboxylic acids is 1. The van der Waals surface area contributed by atoms with Crippen molar-refractivity contribution >= 4 is 17.8 Å². The molecule has 2 amide bonds. The Kier molecular flexibility index (Phi) is 5.75. The maximum Gasteiger partial charge on any atom is 0.352 e. The molecule has 9 heteroatoms. The number of nitrogens with two attached hydrogens (primary N) is 1. The van der Waals surface area contributed by atoms with E-state index in [1.807, 2.05) is 0 Å². The predicted molar refractivity (Wildman–Crippen MR) is 99.5 cm³/mol. The predicted octanol–water partition coefficient (Wildman–Crippen LogP) is 0.814. The van der Waals surface area contributed by atoms with E-state index in [0.717, 1.165) is 0 Å². The molecule has 1 unspecified atom stereocenters. The fourth-order valence-corrected chi connectivity index (χ4v) is 3.44. The molecule has 9 nitrogen and oxygen atoms in total. The average Bonchev–Trinajstić information content (AvgIpc) is 3.24. The summed E-state index contributed by atoms with van der Waals surface area (Å²) in [6, 6.07) is 3.35. The average molecular weight is 375 g/mol. The van der Waals surface area contributed by atoms with Gasteiger partial charge in [0.1, 0.15) is 11.4 Å².